The van der Waals surface area contributed by atoms with E-state index < -0.39 is 0 Å². The lowest BCUT2D eigenvalue weighted by atomic mass is 10.2. The zero-order valence-corrected chi connectivity index (χ0v) is 9.75. The van der Waals surface area contributed by atoms with Crippen LogP contribution in [-0.2, 0) is 5.75 Å². The maximum Gasteiger partial charge on any atom is 0.244 e. The zero-order chi connectivity index (χ0) is 11.3. The van der Waals surface area contributed by atoms with Crippen LogP contribution in [0.1, 0.15) is 38.0 Å². The average Bonchev–Trinajstić information content (AvgIpc) is 2.63. The summed E-state index contributed by atoms with van der Waals surface area (Å²) in [5.74, 6) is 4.31. The molecule has 0 saturated carbocycles. The Labute approximate surface area is 94.0 Å². The molecule has 0 saturated heterocycles. The molecule has 0 aromatic carbocycles. The van der Waals surface area contributed by atoms with Crippen LogP contribution < -0.4 is 5.73 Å². The van der Waals surface area contributed by atoms with Crippen LogP contribution >= 0.6 is 11.8 Å². The van der Waals surface area contributed by atoms with Crippen LogP contribution in [0, 0.1) is 12.3 Å². The lowest BCUT2D eigenvalue weighted by Gasteiger charge is -2.00. The molecule has 1 aromatic rings. The van der Waals surface area contributed by atoms with Gasteiger partial charge in [0.15, 0.2) is 5.82 Å². The predicted molar refractivity (Wildman–Crippen MR) is 61.1 cm³/mol. The summed E-state index contributed by atoms with van der Waals surface area (Å²) in [6.07, 6.45) is 5.56. The lowest BCUT2D eigenvalue weighted by molar-refractivity contribution is 0.353. The Balaban J connectivity index is 2.53. The van der Waals surface area contributed by atoms with Gasteiger partial charge in [-0.05, 0) is 5.25 Å². The average molecular weight is 225 g/mol. The van der Waals surface area contributed by atoms with E-state index >= 15 is 0 Å². The van der Waals surface area contributed by atoms with Crippen molar-refractivity contribution >= 4 is 11.8 Å². The van der Waals surface area contributed by atoms with E-state index in [1.807, 2.05) is 0 Å². The summed E-state index contributed by atoms with van der Waals surface area (Å²) in [5.41, 5.74) is 5.73. The largest absolute Gasteiger partial charge is 0.338 e. The van der Waals surface area contributed by atoms with Gasteiger partial charge in [0.05, 0.1) is 11.8 Å². The molecular formula is C10H15N3OS. The summed E-state index contributed by atoms with van der Waals surface area (Å²) in [7, 11) is 0. The summed E-state index contributed by atoms with van der Waals surface area (Å²) >= 11 is 1.76. The Morgan fingerprint density at radius 1 is 1.60 bits per heavy atom. The van der Waals surface area contributed by atoms with E-state index in [1.54, 1.807) is 11.8 Å². The van der Waals surface area contributed by atoms with Crippen LogP contribution in [0.5, 0.6) is 0 Å². The minimum absolute atomic E-state index is 0.347. The van der Waals surface area contributed by atoms with E-state index in [0.717, 1.165) is 5.75 Å². The van der Waals surface area contributed by atoms with Crippen molar-refractivity contribution in [1.29, 1.82) is 0 Å². The second-order valence-corrected chi connectivity index (χ2v) is 4.99. The molecule has 0 radical (unpaired) electrons. The Morgan fingerprint density at radius 3 is 2.93 bits per heavy atom. The van der Waals surface area contributed by atoms with E-state index in [9.17, 15) is 0 Å². The first kappa shape index (κ1) is 12.1. The maximum atomic E-state index is 5.73. The van der Waals surface area contributed by atoms with Gasteiger partial charge in [-0.15, -0.1) is 12.3 Å². The minimum Gasteiger partial charge on any atom is -0.338 e. The monoisotopic (exact) mass is 225 g/mol. The second kappa shape index (κ2) is 5.79. The lowest BCUT2D eigenvalue weighted by Crippen LogP contribution is -2.09. The topological polar surface area (TPSA) is 64.9 Å². The van der Waals surface area contributed by atoms with Gasteiger partial charge in [-0.1, -0.05) is 19.0 Å². The molecule has 0 fully saturated rings. The van der Waals surface area contributed by atoms with Crippen molar-refractivity contribution in [1.82, 2.24) is 10.1 Å². The number of rotatable bonds is 5. The molecule has 1 unspecified atom stereocenters. The van der Waals surface area contributed by atoms with E-state index in [4.69, 9.17) is 16.7 Å². The molecule has 0 bridgehead atoms. The van der Waals surface area contributed by atoms with Gasteiger partial charge in [0.1, 0.15) is 0 Å². The van der Waals surface area contributed by atoms with Gasteiger partial charge in [0.2, 0.25) is 5.89 Å². The van der Waals surface area contributed by atoms with Crippen LogP contribution in [0.25, 0.3) is 0 Å². The normalized spacial score (nSPS) is 12.7. The van der Waals surface area contributed by atoms with Crippen LogP contribution in [0.2, 0.25) is 0 Å². The standard InChI is InChI=1S/C10H15N3OS/c1-4-5-8(11)10-12-9(13-14-10)6-15-7(2)3/h1,7-8H,5-6,11H2,2-3H3. The molecule has 0 spiro atoms. The van der Waals surface area contributed by atoms with Crippen molar-refractivity contribution in [2.75, 3.05) is 0 Å². The first-order valence-corrected chi connectivity index (χ1v) is 5.81. The van der Waals surface area contributed by atoms with Crippen LogP contribution in [0.15, 0.2) is 4.52 Å². The highest BCUT2D eigenvalue weighted by atomic mass is 32.2. The molecular weight excluding hydrogens is 210 g/mol. The van der Waals surface area contributed by atoms with E-state index in [-0.39, 0.29) is 6.04 Å². The number of nitrogens with zero attached hydrogens (tertiary/aromatic N) is 2. The molecule has 0 aliphatic carbocycles. The summed E-state index contributed by atoms with van der Waals surface area (Å²) < 4.78 is 5.02. The van der Waals surface area contributed by atoms with E-state index in [0.29, 0.717) is 23.4 Å². The van der Waals surface area contributed by atoms with E-state index in [1.165, 1.54) is 0 Å². The van der Waals surface area contributed by atoms with Gasteiger partial charge >= 0.3 is 0 Å². The third-order valence-corrected chi connectivity index (χ3v) is 2.78. The fourth-order valence-electron chi connectivity index (χ4n) is 0.932. The first-order chi connectivity index (χ1) is 7.13. The molecule has 1 heterocycles. The molecule has 82 valence electrons. The van der Waals surface area contributed by atoms with Crippen LogP contribution in [0.4, 0.5) is 0 Å². The number of terminal acetylenes is 1. The minimum atomic E-state index is -0.347. The van der Waals surface area contributed by atoms with Gasteiger partial charge < -0.3 is 10.3 Å². The number of nitrogens with two attached hydrogens (primary N) is 1. The van der Waals surface area contributed by atoms with Gasteiger partial charge in [-0.25, -0.2) is 0 Å². The summed E-state index contributed by atoms with van der Waals surface area (Å²) in [6.45, 7) is 4.24. The van der Waals surface area contributed by atoms with Crippen molar-refractivity contribution in [3.63, 3.8) is 0 Å². The number of thioether (sulfide) groups is 1. The SMILES string of the molecule is C#CCC(N)c1nc(CSC(C)C)no1. The quantitative estimate of drug-likeness (QED) is 0.773. The summed E-state index contributed by atoms with van der Waals surface area (Å²) in [4.78, 5) is 4.18. The summed E-state index contributed by atoms with van der Waals surface area (Å²) in [6, 6.07) is -0.347. The number of hydrogen-bond donors (Lipinski definition) is 1. The number of hydrogen-bond acceptors (Lipinski definition) is 5. The molecule has 1 aromatic heterocycles. The maximum absolute atomic E-state index is 5.73. The van der Waals surface area contributed by atoms with Gasteiger partial charge in [-0.3, -0.25) is 0 Å². The van der Waals surface area contributed by atoms with Crippen molar-refractivity contribution in [2.45, 2.75) is 37.3 Å². The Hall–Kier alpha value is -0.990. The molecule has 4 nitrogen and oxygen atoms in total. The number of aromatic nitrogens is 2. The third-order valence-electron chi connectivity index (χ3n) is 1.68. The molecule has 1 atom stereocenters. The Kier molecular flexibility index (Phi) is 4.66. The smallest absolute Gasteiger partial charge is 0.244 e. The van der Waals surface area contributed by atoms with Crippen LogP contribution in [-0.4, -0.2) is 15.4 Å². The van der Waals surface area contributed by atoms with Crippen LogP contribution in [0.3, 0.4) is 0 Å². The molecule has 0 aliphatic rings. The molecule has 0 amide bonds. The van der Waals surface area contributed by atoms with Crippen molar-refractivity contribution < 1.29 is 4.52 Å². The molecule has 1 rings (SSSR count). The Bertz CT molecular complexity index is 343. The molecule has 15 heavy (non-hydrogen) atoms. The van der Waals surface area contributed by atoms with Gasteiger partial charge in [0.25, 0.3) is 0 Å². The fraction of sp³-hybridized carbons (Fsp3) is 0.600. The first-order valence-electron chi connectivity index (χ1n) is 4.76. The molecule has 2 N–H and O–H groups in total. The second-order valence-electron chi connectivity index (χ2n) is 3.42. The van der Waals surface area contributed by atoms with Gasteiger partial charge in [0, 0.05) is 6.42 Å². The zero-order valence-electron chi connectivity index (χ0n) is 8.93. The van der Waals surface area contributed by atoms with E-state index in [2.05, 4.69) is 29.9 Å². The Morgan fingerprint density at radius 2 is 2.33 bits per heavy atom. The highest BCUT2D eigenvalue weighted by molar-refractivity contribution is 7.99. The molecule has 0 aliphatic heterocycles. The fourth-order valence-corrected chi connectivity index (χ4v) is 1.53. The van der Waals surface area contributed by atoms with Crippen molar-refractivity contribution in [3.05, 3.63) is 11.7 Å². The van der Waals surface area contributed by atoms with Crippen molar-refractivity contribution in [2.24, 2.45) is 5.73 Å². The van der Waals surface area contributed by atoms with Gasteiger partial charge in [-0.2, -0.15) is 16.7 Å². The highest BCUT2D eigenvalue weighted by Gasteiger charge is 2.13. The van der Waals surface area contributed by atoms with Crippen molar-refractivity contribution in [3.8, 4) is 12.3 Å². The summed E-state index contributed by atoms with van der Waals surface area (Å²) in [5, 5.41) is 4.38. The highest BCUT2D eigenvalue weighted by Crippen LogP contribution is 2.17. The third kappa shape index (κ3) is 3.94. The predicted octanol–water partition coefficient (Wildman–Crippen LogP) is 1.73. The molecule has 5 heteroatoms.